The largest absolute Gasteiger partial charge is 0.497 e. The Balaban J connectivity index is 1.46. The smallest absolute Gasteiger partial charge is 0.253 e. The van der Waals surface area contributed by atoms with Crippen molar-refractivity contribution in [3.05, 3.63) is 60.1 Å². The first-order valence-electron chi connectivity index (χ1n) is 8.30. The average molecular weight is 363 g/mol. The Bertz CT molecular complexity index is 1120. The first kappa shape index (κ1) is 16.8. The van der Waals surface area contributed by atoms with E-state index in [-0.39, 0.29) is 12.5 Å². The fraction of sp³-hybridized carbons (Fsp3) is 0.158. The maximum absolute atomic E-state index is 12.4. The summed E-state index contributed by atoms with van der Waals surface area (Å²) in [6.45, 7) is 0.221. The molecule has 0 bridgehead atoms. The van der Waals surface area contributed by atoms with Gasteiger partial charge in [-0.3, -0.25) is 14.5 Å². The predicted octanol–water partition coefficient (Wildman–Crippen LogP) is 2.56. The van der Waals surface area contributed by atoms with Crippen molar-refractivity contribution in [2.75, 3.05) is 7.11 Å². The van der Waals surface area contributed by atoms with Crippen LogP contribution in [0.1, 0.15) is 16.1 Å². The fourth-order valence-electron chi connectivity index (χ4n) is 2.73. The standard InChI is InChI=1S/C19H17N5O3/c1-24-18-7-13(9-20-17(18)11-22-24)19(25)21-10-15-8-16(23-27-15)12-4-3-5-14(6-12)26-2/h3-9,11H,10H2,1-2H3,(H,21,25). The Morgan fingerprint density at radius 3 is 3.00 bits per heavy atom. The van der Waals surface area contributed by atoms with Gasteiger partial charge in [0.15, 0.2) is 5.76 Å². The normalized spacial score (nSPS) is 10.9. The number of aryl methyl sites for hydroxylation is 1. The molecule has 0 fully saturated rings. The summed E-state index contributed by atoms with van der Waals surface area (Å²) in [7, 11) is 3.42. The first-order chi connectivity index (χ1) is 13.1. The number of carbonyl (C=O) groups is 1. The van der Waals surface area contributed by atoms with Gasteiger partial charge in [-0.25, -0.2) is 0 Å². The van der Waals surface area contributed by atoms with Crippen molar-refractivity contribution in [2.45, 2.75) is 6.54 Å². The molecule has 3 heterocycles. The maximum atomic E-state index is 12.4. The lowest BCUT2D eigenvalue weighted by atomic mass is 10.1. The number of methoxy groups -OCH3 is 1. The predicted molar refractivity (Wildman–Crippen MR) is 98.2 cm³/mol. The number of fused-ring (bicyclic) bond motifs is 1. The van der Waals surface area contributed by atoms with Crippen molar-refractivity contribution >= 4 is 16.9 Å². The minimum atomic E-state index is -0.245. The summed E-state index contributed by atoms with van der Waals surface area (Å²) in [5.74, 6) is 1.05. The van der Waals surface area contributed by atoms with E-state index in [1.165, 1.54) is 6.20 Å². The van der Waals surface area contributed by atoms with E-state index in [0.29, 0.717) is 17.0 Å². The van der Waals surface area contributed by atoms with Crippen LogP contribution in [0.25, 0.3) is 22.3 Å². The van der Waals surface area contributed by atoms with Gasteiger partial charge in [-0.1, -0.05) is 17.3 Å². The van der Waals surface area contributed by atoms with Crippen LogP contribution in [0, 0.1) is 0 Å². The Morgan fingerprint density at radius 2 is 2.15 bits per heavy atom. The third-order valence-corrected chi connectivity index (χ3v) is 4.21. The molecule has 0 saturated heterocycles. The van der Waals surface area contributed by atoms with Crippen molar-refractivity contribution in [3.63, 3.8) is 0 Å². The van der Waals surface area contributed by atoms with Gasteiger partial charge in [0.2, 0.25) is 0 Å². The number of aromatic nitrogens is 4. The Morgan fingerprint density at radius 1 is 1.26 bits per heavy atom. The quantitative estimate of drug-likeness (QED) is 0.585. The minimum Gasteiger partial charge on any atom is -0.497 e. The highest BCUT2D eigenvalue weighted by molar-refractivity contribution is 5.96. The maximum Gasteiger partial charge on any atom is 0.253 e. The molecule has 1 aromatic carbocycles. The van der Waals surface area contributed by atoms with Crippen LogP contribution in [0.2, 0.25) is 0 Å². The highest BCUT2D eigenvalue weighted by atomic mass is 16.5. The Kier molecular flexibility index (Phi) is 4.29. The molecular formula is C19H17N5O3. The van der Waals surface area contributed by atoms with Gasteiger partial charge >= 0.3 is 0 Å². The van der Waals surface area contributed by atoms with Crippen LogP contribution in [0.15, 0.2) is 53.3 Å². The molecule has 0 atom stereocenters. The van der Waals surface area contributed by atoms with E-state index in [0.717, 1.165) is 22.3 Å². The molecule has 0 aliphatic carbocycles. The lowest BCUT2D eigenvalue weighted by molar-refractivity contribution is 0.0947. The molecule has 0 aliphatic heterocycles. The van der Waals surface area contributed by atoms with E-state index >= 15 is 0 Å². The highest BCUT2D eigenvalue weighted by Gasteiger charge is 2.12. The zero-order chi connectivity index (χ0) is 18.8. The number of rotatable bonds is 5. The third-order valence-electron chi connectivity index (χ3n) is 4.21. The summed E-state index contributed by atoms with van der Waals surface area (Å²) in [5, 5.41) is 11.0. The summed E-state index contributed by atoms with van der Waals surface area (Å²) >= 11 is 0. The van der Waals surface area contributed by atoms with Crippen molar-refractivity contribution < 1.29 is 14.1 Å². The fourth-order valence-corrected chi connectivity index (χ4v) is 2.73. The second kappa shape index (κ2) is 6.91. The monoisotopic (exact) mass is 363 g/mol. The molecule has 27 heavy (non-hydrogen) atoms. The highest BCUT2D eigenvalue weighted by Crippen LogP contribution is 2.23. The number of benzene rings is 1. The van der Waals surface area contributed by atoms with Gasteiger partial charge in [0, 0.05) is 24.9 Å². The molecule has 0 radical (unpaired) electrons. The zero-order valence-corrected chi connectivity index (χ0v) is 14.8. The number of nitrogens with zero attached hydrogens (tertiary/aromatic N) is 4. The molecule has 0 saturated carbocycles. The minimum absolute atomic E-state index is 0.221. The second-order valence-corrected chi connectivity index (χ2v) is 5.99. The van der Waals surface area contributed by atoms with Gasteiger partial charge < -0.3 is 14.6 Å². The molecule has 0 unspecified atom stereocenters. The van der Waals surface area contributed by atoms with Gasteiger partial charge in [0.25, 0.3) is 5.91 Å². The third kappa shape index (κ3) is 3.37. The Hall–Kier alpha value is -3.68. The molecule has 0 aliphatic rings. The van der Waals surface area contributed by atoms with Crippen LogP contribution in [-0.2, 0) is 13.6 Å². The molecule has 4 aromatic rings. The number of amides is 1. The average Bonchev–Trinajstić information content (AvgIpc) is 3.33. The van der Waals surface area contributed by atoms with Crippen molar-refractivity contribution in [1.29, 1.82) is 0 Å². The van der Waals surface area contributed by atoms with Crippen molar-refractivity contribution in [2.24, 2.45) is 7.05 Å². The van der Waals surface area contributed by atoms with Gasteiger partial charge in [-0.2, -0.15) is 5.10 Å². The van der Waals surface area contributed by atoms with Gasteiger partial charge in [-0.05, 0) is 18.2 Å². The van der Waals surface area contributed by atoms with E-state index < -0.39 is 0 Å². The topological polar surface area (TPSA) is 95.1 Å². The lowest BCUT2D eigenvalue weighted by Crippen LogP contribution is -2.22. The molecule has 3 aromatic heterocycles. The summed E-state index contributed by atoms with van der Waals surface area (Å²) in [6.07, 6.45) is 3.19. The summed E-state index contributed by atoms with van der Waals surface area (Å²) in [4.78, 5) is 16.6. The molecule has 0 spiro atoms. The number of hydrogen-bond acceptors (Lipinski definition) is 6. The molecule has 4 rings (SSSR count). The molecule has 1 N–H and O–H groups in total. The Labute approximate surface area is 154 Å². The molecule has 136 valence electrons. The van der Waals surface area contributed by atoms with Crippen LogP contribution in [0.3, 0.4) is 0 Å². The van der Waals surface area contributed by atoms with Gasteiger partial charge in [-0.15, -0.1) is 0 Å². The lowest BCUT2D eigenvalue weighted by Gasteiger charge is -2.03. The molecule has 8 nitrogen and oxygen atoms in total. The molecular weight excluding hydrogens is 346 g/mol. The number of ether oxygens (including phenoxy) is 1. The van der Waals surface area contributed by atoms with Crippen LogP contribution < -0.4 is 10.1 Å². The first-order valence-corrected chi connectivity index (χ1v) is 8.30. The number of pyridine rings is 1. The SMILES string of the molecule is COc1cccc(-c2cc(CNC(=O)c3cnc4cnn(C)c4c3)on2)c1. The van der Waals surface area contributed by atoms with E-state index in [1.807, 2.05) is 24.3 Å². The zero-order valence-electron chi connectivity index (χ0n) is 14.8. The second-order valence-electron chi connectivity index (χ2n) is 5.99. The van der Waals surface area contributed by atoms with Crippen LogP contribution in [0.4, 0.5) is 0 Å². The van der Waals surface area contributed by atoms with E-state index in [2.05, 4.69) is 20.6 Å². The van der Waals surface area contributed by atoms with E-state index in [4.69, 9.17) is 9.26 Å². The molecule has 8 heteroatoms. The van der Waals surface area contributed by atoms with E-state index in [1.54, 1.807) is 37.2 Å². The summed E-state index contributed by atoms with van der Waals surface area (Å²) in [5.41, 5.74) is 3.55. The van der Waals surface area contributed by atoms with Crippen LogP contribution in [-0.4, -0.2) is 32.9 Å². The summed E-state index contributed by atoms with van der Waals surface area (Å²) < 4.78 is 12.2. The van der Waals surface area contributed by atoms with Crippen LogP contribution in [0.5, 0.6) is 5.75 Å². The van der Waals surface area contributed by atoms with Crippen LogP contribution >= 0.6 is 0 Å². The van der Waals surface area contributed by atoms with E-state index in [9.17, 15) is 4.79 Å². The van der Waals surface area contributed by atoms with Gasteiger partial charge in [0.1, 0.15) is 17.0 Å². The number of hydrogen-bond donors (Lipinski definition) is 1. The summed E-state index contributed by atoms with van der Waals surface area (Å²) in [6, 6.07) is 11.1. The molecule has 1 amide bonds. The van der Waals surface area contributed by atoms with Crippen molar-refractivity contribution in [1.82, 2.24) is 25.2 Å². The number of carbonyl (C=O) groups excluding carboxylic acids is 1. The van der Waals surface area contributed by atoms with Crippen molar-refractivity contribution in [3.8, 4) is 17.0 Å². The number of nitrogens with one attached hydrogen (secondary N) is 1. The van der Waals surface area contributed by atoms with Gasteiger partial charge in [0.05, 0.1) is 30.9 Å².